The molecule has 5 N–H and O–H groups in total. The highest BCUT2D eigenvalue weighted by Gasteiger charge is 2.35. The second-order valence-electron chi connectivity index (χ2n) is 7.47. The third kappa shape index (κ3) is 4.81. The van der Waals surface area contributed by atoms with Crippen LogP contribution in [0, 0.1) is 5.82 Å². The predicted molar refractivity (Wildman–Crippen MR) is 121 cm³/mol. The number of aromatic amines is 1. The number of aromatic hydroxyl groups is 1. The smallest absolute Gasteiger partial charge is 0.268 e. The van der Waals surface area contributed by atoms with Crippen LogP contribution in [-0.4, -0.2) is 29.6 Å². The molecule has 10 heteroatoms. The Morgan fingerprint density at radius 3 is 2.52 bits per heavy atom. The SMILES string of the molecule is O=C(NO)C(c1ccc(F)cc1)S(=O)(=O)Nc1ccc(O)cc1Cc1ccc2[nH]ccc2c1. The van der Waals surface area contributed by atoms with E-state index in [1.807, 2.05) is 30.5 Å². The quantitative estimate of drug-likeness (QED) is 0.160. The number of nitrogens with one attached hydrogen (secondary N) is 3. The number of rotatable bonds is 7. The molecule has 0 spiro atoms. The van der Waals surface area contributed by atoms with Gasteiger partial charge in [-0.25, -0.2) is 18.3 Å². The number of carbonyl (C=O) groups excluding carboxylic acids is 1. The van der Waals surface area contributed by atoms with Gasteiger partial charge in [0.15, 0.2) is 5.25 Å². The molecule has 0 aliphatic rings. The van der Waals surface area contributed by atoms with Gasteiger partial charge in [-0.05, 0) is 77.0 Å². The lowest BCUT2D eigenvalue weighted by Gasteiger charge is -2.19. The molecule has 4 rings (SSSR count). The minimum absolute atomic E-state index is 0.0336. The molecule has 4 aromatic rings. The van der Waals surface area contributed by atoms with Gasteiger partial charge in [0, 0.05) is 11.7 Å². The monoisotopic (exact) mass is 469 g/mol. The van der Waals surface area contributed by atoms with Crippen molar-refractivity contribution in [1.82, 2.24) is 10.5 Å². The molecule has 1 amide bonds. The maximum absolute atomic E-state index is 13.3. The Balaban J connectivity index is 1.69. The van der Waals surface area contributed by atoms with Crippen molar-refractivity contribution in [2.24, 2.45) is 0 Å². The first-order valence-electron chi connectivity index (χ1n) is 9.86. The highest BCUT2D eigenvalue weighted by Crippen LogP contribution is 2.30. The van der Waals surface area contributed by atoms with Gasteiger partial charge in [0.05, 0.1) is 5.69 Å². The molecule has 1 unspecified atom stereocenters. The summed E-state index contributed by atoms with van der Waals surface area (Å²) in [4.78, 5) is 15.3. The van der Waals surface area contributed by atoms with E-state index in [4.69, 9.17) is 5.21 Å². The summed E-state index contributed by atoms with van der Waals surface area (Å²) in [5, 5.41) is 18.2. The summed E-state index contributed by atoms with van der Waals surface area (Å²) in [7, 11) is -4.44. The molecule has 0 radical (unpaired) electrons. The van der Waals surface area contributed by atoms with Crippen LogP contribution in [0.15, 0.2) is 72.9 Å². The number of aromatic nitrogens is 1. The number of hydrogen-bond acceptors (Lipinski definition) is 5. The number of fused-ring (bicyclic) bond motifs is 1. The second-order valence-corrected chi connectivity index (χ2v) is 9.24. The topological polar surface area (TPSA) is 132 Å². The number of sulfonamides is 1. The predicted octanol–water partition coefficient (Wildman–Crippen LogP) is 3.59. The van der Waals surface area contributed by atoms with E-state index >= 15 is 0 Å². The summed E-state index contributed by atoms with van der Waals surface area (Å²) in [5.41, 5.74) is 3.76. The Kier molecular flexibility index (Phi) is 6.03. The maximum Gasteiger partial charge on any atom is 0.268 e. The van der Waals surface area contributed by atoms with Crippen LogP contribution in [0.25, 0.3) is 10.9 Å². The van der Waals surface area contributed by atoms with Crippen LogP contribution in [0.4, 0.5) is 10.1 Å². The first-order chi connectivity index (χ1) is 15.8. The van der Waals surface area contributed by atoms with E-state index in [1.165, 1.54) is 23.7 Å². The van der Waals surface area contributed by atoms with Crippen molar-refractivity contribution in [3.63, 3.8) is 0 Å². The van der Waals surface area contributed by atoms with Crippen molar-refractivity contribution >= 4 is 32.5 Å². The van der Waals surface area contributed by atoms with Crippen LogP contribution in [0.5, 0.6) is 5.75 Å². The highest BCUT2D eigenvalue weighted by atomic mass is 32.2. The van der Waals surface area contributed by atoms with E-state index in [2.05, 4.69) is 9.71 Å². The number of hydrogen-bond donors (Lipinski definition) is 5. The zero-order valence-corrected chi connectivity index (χ0v) is 17.9. The van der Waals surface area contributed by atoms with Gasteiger partial charge in [-0.15, -0.1) is 0 Å². The van der Waals surface area contributed by atoms with Crippen LogP contribution in [0.2, 0.25) is 0 Å². The lowest BCUT2D eigenvalue weighted by molar-refractivity contribution is -0.128. The maximum atomic E-state index is 13.3. The zero-order chi connectivity index (χ0) is 23.6. The van der Waals surface area contributed by atoms with Crippen LogP contribution in [-0.2, 0) is 21.2 Å². The Morgan fingerprint density at radius 1 is 1.03 bits per heavy atom. The first kappa shape index (κ1) is 22.3. The van der Waals surface area contributed by atoms with Crippen molar-refractivity contribution in [2.45, 2.75) is 11.7 Å². The van der Waals surface area contributed by atoms with Crippen molar-refractivity contribution < 1.29 is 27.9 Å². The highest BCUT2D eigenvalue weighted by molar-refractivity contribution is 7.93. The molecule has 0 aliphatic carbocycles. The Bertz CT molecular complexity index is 1420. The van der Waals surface area contributed by atoms with E-state index in [0.29, 0.717) is 12.0 Å². The molecule has 3 aromatic carbocycles. The molecular weight excluding hydrogens is 449 g/mol. The number of halogens is 1. The van der Waals surface area contributed by atoms with Crippen molar-refractivity contribution in [3.8, 4) is 5.75 Å². The number of H-pyrrole nitrogens is 1. The molecule has 0 bridgehead atoms. The molecule has 1 atom stereocenters. The molecule has 8 nitrogen and oxygen atoms in total. The summed E-state index contributed by atoms with van der Waals surface area (Å²) in [6, 6.07) is 16.1. The minimum atomic E-state index is -4.44. The third-order valence-electron chi connectivity index (χ3n) is 5.18. The van der Waals surface area contributed by atoms with Gasteiger partial charge in [0.1, 0.15) is 11.6 Å². The minimum Gasteiger partial charge on any atom is -0.508 e. The van der Waals surface area contributed by atoms with Gasteiger partial charge in [-0.2, -0.15) is 0 Å². The largest absolute Gasteiger partial charge is 0.508 e. The van der Waals surface area contributed by atoms with Crippen molar-refractivity contribution in [3.05, 3.63) is 95.4 Å². The number of carbonyl (C=O) groups is 1. The number of benzene rings is 3. The third-order valence-corrected chi connectivity index (χ3v) is 6.80. The lowest BCUT2D eigenvalue weighted by atomic mass is 10.0. The lowest BCUT2D eigenvalue weighted by Crippen LogP contribution is -2.35. The van der Waals surface area contributed by atoms with Crippen molar-refractivity contribution in [2.75, 3.05) is 4.72 Å². The Hall–Kier alpha value is -3.89. The Labute approximate surface area is 188 Å². The fourth-order valence-corrected chi connectivity index (χ4v) is 5.11. The number of phenols is 1. The molecular formula is C23H20FN3O5S. The number of phenolic OH excluding ortho intramolecular Hbond substituents is 1. The van der Waals surface area contributed by atoms with Gasteiger partial charge >= 0.3 is 0 Å². The van der Waals surface area contributed by atoms with Gasteiger partial charge in [0.25, 0.3) is 5.91 Å². The Morgan fingerprint density at radius 2 is 1.79 bits per heavy atom. The number of hydroxylamine groups is 1. The molecule has 170 valence electrons. The summed E-state index contributed by atoms with van der Waals surface area (Å²) >= 11 is 0. The standard InChI is InChI=1S/C23H20FN3O5S/c24-18-4-2-15(3-5-18)22(23(29)26-30)33(31,32)27-21-8-6-19(28)13-17(21)12-14-1-7-20-16(11-14)9-10-25-20/h1-11,13,22,25,27-28,30H,12H2,(H,26,29). The van der Waals surface area contributed by atoms with Gasteiger partial charge in [-0.1, -0.05) is 18.2 Å². The summed E-state index contributed by atoms with van der Waals surface area (Å²) in [5.74, 6) is -1.86. The fraction of sp³-hybridized carbons (Fsp3) is 0.0870. The van der Waals surface area contributed by atoms with Crippen LogP contribution >= 0.6 is 0 Å². The average Bonchev–Trinajstić information content (AvgIpc) is 3.25. The van der Waals surface area contributed by atoms with Crippen LogP contribution in [0.3, 0.4) is 0 Å². The molecule has 0 aliphatic heterocycles. The zero-order valence-electron chi connectivity index (χ0n) is 17.1. The fourth-order valence-electron chi connectivity index (χ4n) is 3.64. The number of anilines is 1. The van der Waals surface area contributed by atoms with E-state index in [1.54, 1.807) is 0 Å². The van der Waals surface area contributed by atoms with E-state index in [-0.39, 0.29) is 17.0 Å². The molecule has 0 saturated heterocycles. The van der Waals surface area contributed by atoms with Gasteiger partial charge in [0.2, 0.25) is 10.0 Å². The first-order valence-corrected chi connectivity index (χ1v) is 11.4. The average molecular weight is 469 g/mol. The summed E-state index contributed by atoms with van der Waals surface area (Å²) < 4.78 is 42.0. The number of amides is 1. The van der Waals surface area contributed by atoms with Crippen molar-refractivity contribution in [1.29, 1.82) is 0 Å². The van der Waals surface area contributed by atoms with Crippen LogP contribution in [0.1, 0.15) is 21.9 Å². The van der Waals surface area contributed by atoms with E-state index in [0.717, 1.165) is 40.7 Å². The second kappa shape index (κ2) is 8.93. The molecule has 0 fully saturated rings. The molecule has 33 heavy (non-hydrogen) atoms. The normalized spacial score (nSPS) is 12.4. The van der Waals surface area contributed by atoms with E-state index in [9.17, 15) is 22.7 Å². The summed E-state index contributed by atoms with van der Waals surface area (Å²) in [6.07, 6.45) is 2.10. The van der Waals surface area contributed by atoms with E-state index < -0.39 is 27.0 Å². The molecule has 1 heterocycles. The van der Waals surface area contributed by atoms with Gasteiger partial charge in [-0.3, -0.25) is 14.7 Å². The molecule has 1 aromatic heterocycles. The summed E-state index contributed by atoms with van der Waals surface area (Å²) in [6.45, 7) is 0. The van der Waals surface area contributed by atoms with Crippen LogP contribution < -0.4 is 10.2 Å². The van der Waals surface area contributed by atoms with Gasteiger partial charge < -0.3 is 10.1 Å². The molecule has 0 saturated carbocycles.